The summed E-state index contributed by atoms with van der Waals surface area (Å²) in [5, 5.41) is 18.6. The van der Waals surface area contributed by atoms with Crippen molar-refractivity contribution in [2.75, 3.05) is 26.5 Å². The van der Waals surface area contributed by atoms with Crippen LogP contribution in [0.15, 0.2) is 66.7 Å². The molecule has 0 bridgehead atoms. The molecule has 5 aromatic rings. The average molecular weight is 692 g/mol. The highest BCUT2D eigenvalue weighted by Crippen LogP contribution is 2.34. The first-order valence-electron chi connectivity index (χ1n) is 14.8. The van der Waals surface area contributed by atoms with E-state index in [4.69, 9.17) is 14.7 Å². The quantitative estimate of drug-likeness (QED) is 0.212. The Balaban J connectivity index is 1.32. The number of ether oxygens (including phenoxy) is 2. The predicted molar refractivity (Wildman–Crippen MR) is 171 cm³/mol. The van der Waals surface area contributed by atoms with E-state index in [1.807, 2.05) is 6.07 Å². The largest absolute Gasteiger partial charge is 0.478 e. The van der Waals surface area contributed by atoms with E-state index < -0.39 is 45.6 Å². The molecule has 2 aromatic heterocycles. The third-order valence-corrected chi connectivity index (χ3v) is 9.59. The van der Waals surface area contributed by atoms with Crippen LogP contribution in [0.5, 0.6) is 5.88 Å². The Labute approximate surface area is 278 Å². The Morgan fingerprint density at radius 2 is 1.78 bits per heavy atom. The topological polar surface area (TPSA) is 148 Å². The molecular formula is C34H28F3N5O6S. The maximum atomic E-state index is 15.8. The van der Waals surface area contributed by atoms with Crippen LogP contribution in [0.2, 0.25) is 0 Å². The summed E-state index contributed by atoms with van der Waals surface area (Å²) >= 11 is 0. The molecule has 0 amide bonds. The third kappa shape index (κ3) is 6.84. The van der Waals surface area contributed by atoms with Gasteiger partial charge in [-0.05, 0) is 54.1 Å². The number of pyridine rings is 1. The van der Waals surface area contributed by atoms with Gasteiger partial charge in [0.05, 0.1) is 52.3 Å². The van der Waals surface area contributed by atoms with Gasteiger partial charge in [-0.2, -0.15) is 9.57 Å². The van der Waals surface area contributed by atoms with E-state index >= 15 is 8.78 Å². The zero-order valence-electron chi connectivity index (χ0n) is 26.1. The van der Waals surface area contributed by atoms with Crippen molar-refractivity contribution in [3.8, 4) is 23.2 Å². The number of nitrogens with zero attached hydrogens (tertiary/aromatic N) is 5. The molecule has 1 fully saturated rings. The lowest BCUT2D eigenvalue weighted by molar-refractivity contribution is 0.0697. The van der Waals surface area contributed by atoms with Crippen LogP contribution in [-0.4, -0.2) is 70.9 Å². The number of imidazole rings is 1. The van der Waals surface area contributed by atoms with Gasteiger partial charge in [0, 0.05) is 43.8 Å². The number of carboxylic acids is 1. The molecule has 3 heterocycles. The summed E-state index contributed by atoms with van der Waals surface area (Å²) in [6.45, 7) is -0.190. The number of halogens is 3. The number of hydrogen-bond donors (Lipinski definition) is 1. The van der Waals surface area contributed by atoms with E-state index in [1.54, 1.807) is 4.57 Å². The maximum absolute atomic E-state index is 15.8. The molecule has 49 heavy (non-hydrogen) atoms. The molecule has 0 saturated carbocycles. The number of rotatable bonds is 10. The molecular weight excluding hydrogens is 663 g/mol. The second-order valence-corrected chi connectivity index (χ2v) is 13.5. The van der Waals surface area contributed by atoms with Crippen LogP contribution in [0.4, 0.5) is 13.2 Å². The lowest BCUT2D eigenvalue weighted by Crippen LogP contribution is -2.28. The van der Waals surface area contributed by atoms with Crippen LogP contribution in [0.1, 0.15) is 38.9 Å². The van der Waals surface area contributed by atoms with Gasteiger partial charge in [0.2, 0.25) is 15.9 Å². The van der Waals surface area contributed by atoms with Crippen molar-refractivity contribution in [3.63, 3.8) is 0 Å². The Morgan fingerprint density at radius 3 is 2.47 bits per heavy atom. The predicted octanol–water partition coefficient (Wildman–Crippen LogP) is 5.09. The summed E-state index contributed by atoms with van der Waals surface area (Å²) in [7, 11) is -2.18. The average Bonchev–Trinajstić information content (AvgIpc) is 3.66. The van der Waals surface area contributed by atoms with Gasteiger partial charge >= 0.3 is 5.97 Å². The van der Waals surface area contributed by atoms with E-state index in [1.165, 1.54) is 59.9 Å². The van der Waals surface area contributed by atoms with Crippen LogP contribution in [0.25, 0.3) is 22.3 Å². The number of sulfonamides is 1. The van der Waals surface area contributed by atoms with E-state index in [0.29, 0.717) is 11.0 Å². The van der Waals surface area contributed by atoms with E-state index in [2.05, 4.69) is 9.97 Å². The van der Waals surface area contributed by atoms with Gasteiger partial charge in [-0.3, -0.25) is 0 Å². The van der Waals surface area contributed by atoms with Gasteiger partial charge in [0.25, 0.3) is 0 Å². The highest BCUT2D eigenvalue weighted by atomic mass is 32.2. The van der Waals surface area contributed by atoms with Crippen LogP contribution in [0.3, 0.4) is 0 Å². The number of aromatic carboxylic acids is 1. The molecule has 6 rings (SSSR count). The van der Waals surface area contributed by atoms with Gasteiger partial charge in [-0.15, -0.1) is 0 Å². The highest BCUT2D eigenvalue weighted by Gasteiger charge is 2.40. The zero-order valence-corrected chi connectivity index (χ0v) is 26.9. The number of carbonyl (C=O) groups is 1. The Morgan fingerprint density at radius 1 is 1.00 bits per heavy atom. The standard InChI is InChI=1S/C34H28F3N5O6S/c1-47-31-17-41(49(2,45)46)16-30(31)42-29-12-20(34(43)44)8-9-28(29)39-32(42)13-22-11-26(37)23(14-25(22)36)27-4-3-5-33(40-27)48-18-21-7-6-19(15-38)10-24(21)35/h3-12,14,30-31H,13,16-18H2,1-2H3,(H,43,44)/t30-,31-/m1/s1. The minimum atomic E-state index is -3.61. The Kier molecular flexibility index (Phi) is 9.12. The van der Waals surface area contributed by atoms with Crippen LogP contribution >= 0.6 is 0 Å². The molecule has 15 heteroatoms. The van der Waals surface area contributed by atoms with E-state index in [-0.39, 0.29) is 71.3 Å². The zero-order chi connectivity index (χ0) is 35.0. The summed E-state index contributed by atoms with van der Waals surface area (Å²) in [6.07, 6.45) is 0.208. The first kappa shape index (κ1) is 33.6. The molecule has 11 nitrogen and oxygen atoms in total. The number of fused-ring (bicyclic) bond motifs is 1. The first-order valence-corrected chi connectivity index (χ1v) is 16.7. The summed E-state index contributed by atoms with van der Waals surface area (Å²) < 4.78 is 84.7. The van der Waals surface area contributed by atoms with Gasteiger partial charge in [-0.25, -0.2) is 36.4 Å². The van der Waals surface area contributed by atoms with Crippen molar-refractivity contribution in [2.24, 2.45) is 0 Å². The molecule has 1 N–H and O–H groups in total. The lowest BCUT2D eigenvalue weighted by atomic mass is 10.0. The fourth-order valence-corrected chi connectivity index (χ4v) is 6.71. The van der Waals surface area contributed by atoms with E-state index in [0.717, 1.165) is 24.5 Å². The first-order chi connectivity index (χ1) is 23.4. The Hall–Kier alpha value is -5.30. The molecule has 252 valence electrons. The van der Waals surface area contributed by atoms with Crippen LogP contribution in [0, 0.1) is 28.8 Å². The number of nitriles is 1. The number of hydrogen-bond acceptors (Lipinski definition) is 8. The Bertz CT molecular complexity index is 2260. The van der Waals surface area contributed by atoms with Crippen LogP contribution < -0.4 is 4.74 Å². The van der Waals surface area contributed by atoms with Gasteiger partial charge < -0.3 is 19.1 Å². The molecule has 1 aliphatic rings. The second kappa shape index (κ2) is 13.3. The minimum Gasteiger partial charge on any atom is -0.478 e. The molecule has 0 aliphatic carbocycles. The molecule has 1 saturated heterocycles. The molecule has 2 atom stereocenters. The van der Waals surface area contributed by atoms with E-state index in [9.17, 15) is 22.7 Å². The van der Waals surface area contributed by atoms with Crippen LogP contribution in [-0.2, 0) is 27.8 Å². The van der Waals surface area contributed by atoms with Gasteiger partial charge in [0.1, 0.15) is 29.9 Å². The summed E-state index contributed by atoms with van der Waals surface area (Å²) in [5.41, 5.74) is 0.892. The molecule has 0 spiro atoms. The maximum Gasteiger partial charge on any atom is 0.335 e. The molecule has 3 aromatic carbocycles. The van der Waals surface area contributed by atoms with Crippen molar-refractivity contribution >= 4 is 27.0 Å². The fraction of sp³-hybridized carbons (Fsp3) is 0.235. The van der Waals surface area contributed by atoms with Crippen molar-refractivity contribution < 1.29 is 41.0 Å². The number of carboxylic acid groups (broad SMARTS) is 1. The summed E-state index contributed by atoms with van der Waals surface area (Å²) in [6, 6.07) is 15.9. The summed E-state index contributed by atoms with van der Waals surface area (Å²) in [5.74, 6) is -3.11. The highest BCUT2D eigenvalue weighted by molar-refractivity contribution is 7.88. The molecule has 1 aliphatic heterocycles. The van der Waals surface area contributed by atoms with Crippen molar-refractivity contribution in [1.29, 1.82) is 5.26 Å². The molecule has 0 unspecified atom stereocenters. The van der Waals surface area contributed by atoms with Gasteiger partial charge in [-0.1, -0.05) is 12.1 Å². The number of aromatic nitrogens is 3. The SMILES string of the molecule is CO[C@@H]1CN(S(C)(=O)=O)C[C@H]1n1c(Cc2cc(F)c(-c3cccc(OCc4ccc(C#N)cc4F)n3)cc2F)nc2ccc(C(=O)O)cc21. The van der Waals surface area contributed by atoms with Gasteiger partial charge in [0.15, 0.2) is 0 Å². The summed E-state index contributed by atoms with van der Waals surface area (Å²) in [4.78, 5) is 20.7. The second-order valence-electron chi connectivity index (χ2n) is 11.5. The fourth-order valence-electron chi connectivity index (χ4n) is 5.87. The monoisotopic (exact) mass is 691 g/mol. The number of benzene rings is 3. The van der Waals surface area contributed by atoms with Crippen molar-refractivity contribution in [2.45, 2.75) is 25.2 Å². The number of methoxy groups -OCH3 is 1. The smallest absolute Gasteiger partial charge is 0.335 e. The normalized spacial score (nSPS) is 16.6. The lowest BCUT2D eigenvalue weighted by Gasteiger charge is -2.22. The minimum absolute atomic E-state index is 0.00915. The third-order valence-electron chi connectivity index (χ3n) is 8.36. The van der Waals surface area contributed by atoms with Crippen molar-refractivity contribution in [1.82, 2.24) is 18.8 Å². The molecule has 0 radical (unpaired) electrons. The van der Waals surface area contributed by atoms with Crippen molar-refractivity contribution in [3.05, 3.63) is 112 Å².